The fraction of sp³-hybridized carbons (Fsp3) is 0.400. The highest BCUT2D eigenvalue weighted by Crippen LogP contribution is 2.22. The van der Waals surface area contributed by atoms with E-state index in [9.17, 15) is 18.6 Å². The Morgan fingerprint density at radius 2 is 1.64 bits per heavy atom. The molecule has 2 aromatic carbocycles. The number of aliphatic hydroxyl groups excluding tert-OH is 2. The van der Waals surface area contributed by atoms with Gasteiger partial charge in [0.05, 0.1) is 17.6 Å². The molecule has 0 aromatic heterocycles. The normalized spacial score (nSPS) is 12.8. The van der Waals surface area contributed by atoms with Crippen LogP contribution in [0.3, 0.4) is 0 Å². The predicted molar refractivity (Wildman–Crippen MR) is 108 cm³/mol. The van der Waals surface area contributed by atoms with Gasteiger partial charge in [0.25, 0.3) is 10.1 Å². The minimum Gasteiger partial charge on any atom is -0.508 e. The Bertz CT molecular complexity index is 857. The van der Waals surface area contributed by atoms with Crippen molar-refractivity contribution in [3.63, 3.8) is 0 Å². The SMILES string of the molecule is CC(C)(C)NC[C@H](O)c1ccc(O)c(CO)c1.Cc1ccc(S(=O)(=O)O)cc1. The molecule has 0 saturated heterocycles. The van der Waals surface area contributed by atoms with Gasteiger partial charge in [0.15, 0.2) is 0 Å². The summed E-state index contributed by atoms with van der Waals surface area (Å²) >= 11 is 0. The van der Waals surface area contributed by atoms with Crippen molar-refractivity contribution in [1.29, 1.82) is 0 Å². The third-order valence-corrected chi connectivity index (χ3v) is 4.67. The Kier molecular flexibility index (Phi) is 8.59. The van der Waals surface area contributed by atoms with Crippen LogP contribution in [0.2, 0.25) is 0 Å². The number of rotatable bonds is 5. The van der Waals surface area contributed by atoms with Gasteiger partial charge >= 0.3 is 0 Å². The van der Waals surface area contributed by atoms with Crippen molar-refractivity contribution in [1.82, 2.24) is 5.32 Å². The maximum absolute atomic E-state index is 10.5. The minimum atomic E-state index is -4.02. The van der Waals surface area contributed by atoms with E-state index in [1.165, 1.54) is 18.2 Å². The van der Waals surface area contributed by atoms with Gasteiger partial charge in [0.2, 0.25) is 0 Å². The lowest BCUT2D eigenvalue weighted by Gasteiger charge is -2.23. The summed E-state index contributed by atoms with van der Waals surface area (Å²) in [5, 5.41) is 31.6. The standard InChI is InChI=1S/C13H21NO3.C7H8O3S/c1-13(2,3)14-7-12(17)9-4-5-11(16)10(6-9)8-15;1-6-2-4-7(5-3-6)11(8,9)10/h4-6,12,14-17H,7-8H2,1-3H3;2-5H,1H3,(H,8,9,10)/t12-;/m0./s1. The van der Waals surface area contributed by atoms with Gasteiger partial charge in [-0.05, 0) is 57.5 Å². The molecule has 0 aliphatic heterocycles. The maximum Gasteiger partial charge on any atom is 0.294 e. The quantitative estimate of drug-likeness (QED) is 0.479. The molecule has 28 heavy (non-hydrogen) atoms. The number of phenols is 1. The van der Waals surface area contributed by atoms with Gasteiger partial charge in [-0.25, -0.2) is 0 Å². The van der Waals surface area contributed by atoms with Gasteiger partial charge in [-0.15, -0.1) is 0 Å². The first kappa shape index (κ1) is 24.1. The zero-order valence-corrected chi connectivity index (χ0v) is 17.4. The van der Waals surface area contributed by atoms with Gasteiger partial charge in [0.1, 0.15) is 5.75 Å². The molecule has 0 spiro atoms. The highest BCUT2D eigenvalue weighted by atomic mass is 32.2. The molecule has 1 atom stereocenters. The second-order valence-electron chi connectivity index (χ2n) is 7.48. The molecule has 2 rings (SSSR count). The van der Waals surface area contributed by atoms with Crippen LogP contribution in [0.25, 0.3) is 0 Å². The third kappa shape index (κ3) is 8.37. The topological polar surface area (TPSA) is 127 Å². The lowest BCUT2D eigenvalue weighted by atomic mass is 10.0. The molecule has 7 nitrogen and oxygen atoms in total. The molecular formula is C20H29NO6S. The molecule has 0 aliphatic rings. The summed E-state index contributed by atoms with van der Waals surface area (Å²) in [6.45, 7) is 8.10. The highest BCUT2D eigenvalue weighted by Gasteiger charge is 2.14. The molecule has 0 unspecified atom stereocenters. The van der Waals surface area contributed by atoms with E-state index >= 15 is 0 Å². The molecule has 0 radical (unpaired) electrons. The van der Waals surface area contributed by atoms with Crippen LogP contribution in [0.15, 0.2) is 47.4 Å². The molecule has 0 bridgehead atoms. The summed E-state index contributed by atoms with van der Waals surface area (Å²) < 4.78 is 29.6. The van der Waals surface area contributed by atoms with Gasteiger partial charge < -0.3 is 20.6 Å². The molecule has 2 aromatic rings. The van der Waals surface area contributed by atoms with E-state index in [-0.39, 0.29) is 22.8 Å². The summed E-state index contributed by atoms with van der Waals surface area (Å²) in [5.41, 5.74) is 2.01. The van der Waals surface area contributed by atoms with Crippen LogP contribution >= 0.6 is 0 Å². The Morgan fingerprint density at radius 3 is 2.11 bits per heavy atom. The van der Waals surface area contributed by atoms with Crippen molar-refractivity contribution in [2.24, 2.45) is 0 Å². The van der Waals surface area contributed by atoms with E-state index in [1.54, 1.807) is 24.3 Å². The van der Waals surface area contributed by atoms with Crippen molar-refractivity contribution in [3.05, 3.63) is 59.2 Å². The molecule has 0 heterocycles. The molecule has 0 saturated carbocycles. The number of benzene rings is 2. The van der Waals surface area contributed by atoms with Crippen molar-refractivity contribution < 1.29 is 28.3 Å². The van der Waals surface area contributed by atoms with Crippen LogP contribution < -0.4 is 5.32 Å². The van der Waals surface area contributed by atoms with E-state index < -0.39 is 16.2 Å². The van der Waals surface area contributed by atoms with Crippen molar-refractivity contribution in [3.8, 4) is 5.75 Å². The Balaban J connectivity index is 0.000000307. The smallest absolute Gasteiger partial charge is 0.294 e. The van der Waals surface area contributed by atoms with E-state index in [1.807, 2.05) is 27.7 Å². The van der Waals surface area contributed by atoms with Crippen LogP contribution in [-0.2, 0) is 16.7 Å². The molecule has 0 fully saturated rings. The van der Waals surface area contributed by atoms with Crippen LogP contribution in [0.1, 0.15) is 43.6 Å². The molecule has 0 aliphatic carbocycles. The molecule has 5 N–H and O–H groups in total. The first-order valence-electron chi connectivity index (χ1n) is 8.73. The number of aryl methyl sites for hydroxylation is 1. The van der Waals surface area contributed by atoms with Crippen LogP contribution in [0, 0.1) is 6.92 Å². The summed E-state index contributed by atoms with van der Waals surface area (Å²) in [4.78, 5) is -0.0666. The van der Waals surface area contributed by atoms with Gasteiger partial charge in [-0.3, -0.25) is 4.55 Å². The Morgan fingerprint density at radius 1 is 1.07 bits per heavy atom. The Hall–Kier alpha value is -1.97. The summed E-state index contributed by atoms with van der Waals surface area (Å²) in [6.07, 6.45) is -0.653. The lowest BCUT2D eigenvalue weighted by molar-refractivity contribution is 0.163. The predicted octanol–water partition coefficient (Wildman–Crippen LogP) is 2.55. The van der Waals surface area contributed by atoms with Crippen LogP contribution in [-0.4, -0.2) is 40.4 Å². The van der Waals surface area contributed by atoms with E-state index in [0.717, 1.165) is 5.56 Å². The molecular weight excluding hydrogens is 382 g/mol. The number of aromatic hydroxyl groups is 1. The number of nitrogens with one attached hydrogen (secondary N) is 1. The first-order chi connectivity index (χ1) is 12.8. The highest BCUT2D eigenvalue weighted by molar-refractivity contribution is 7.85. The zero-order chi connectivity index (χ0) is 21.5. The number of β-amino-alcohol motifs (C(OH)–C–C–N with tert-alkyl or cyclic N) is 1. The maximum atomic E-state index is 10.5. The summed E-state index contributed by atoms with van der Waals surface area (Å²) in [5.74, 6) is 0.0484. The minimum absolute atomic E-state index is 0.0484. The zero-order valence-electron chi connectivity index (χ0n) is 16.5. The number of aliphatic hydroxyl groups is 2. The molecule has 8 heteroatoms. The largest absolute Gasteiger partial charge is 0.508 e. The van der Waals surface area contributed by atoms with E-state index in [2.05, 4.69) is 5.32 Å². The second kappa shape index (κ2) is 9.99. The average molecular weight is 412 g/mol. The lowest BCUT2D eigenvalue weighted by Crippen LogP contribution is -2.38. The van der Waals surface area contributed by atoms with Crippen LogP contribution in [0.4, 0.5) is 0 Å². The van der Waals surface area contributed by atoms with Crippen molar-refractivity contribution in [2.45, 2.75) is 50.8 Å². The number of hydrogen-bond acceptors (Lipinski definition) is 6. The number of hydrogen-bond donors (Lipinski definition) is 5. The van der Waals surface area contributed by atoms with E-state index in [4.69, 9.17) is 9.66 Å². The summed E-state index contributed by atoms with van der Waals surface area (Å²) in [6, 6.07) is 10.7. The van der Waals surface area contributed by atoms with Crippen molar-refractivity contribution in [2.75, 3.05) is 6.54 Å². The fourth-order valence-electron chi connectivity index (χ4n) is 2.17. The summed E-state index contributed by atoms with van der Waals surface area (Å²) in [7, 11) is -4.02. The Labute approximate surface area is 166 Å². The van der Waals surface area contributed by atoms with Gasteiger partial charge in [-0.2, -0.15) is 8.42 Å². The first-order valence-corrected chi connectivity index (χ1v) is 10.2. The van der Waals surface area contributed by atoms with Gasteiger partial charge in [-0.1, -0.05) is 23.8 Å². The fourth-order valence-corrected chi connectivity index (χ4v) is 2.65. The monoisotopic (exact) mass is 411 g/mol. The van der Waals surface area contributed by atoms with Crippen molar-refractivity contribution >= 4 is 10.1 Å². The molecule has 156 valence electrons. The average Bonchev–Trinajstić information content (AvgIpc) is 2.59. The van der Waals surface area contributed by atoms with E-state index in [0.29, 0.717) is 17.7 Å². The van der Waals surface area contributed by atoms with Gasteiger partial charge in [0, 0.05) is 17.6 Å². The third-order valence-electron chi connectivity index (χ3n) is 3.80. The molecule has 0 amide bonds. The van der Waals surface area contributed by atoms with Crippen LogP contribution in [0.5, 0.6) is 5.75 Å². The second-order valence-corrected chi connectivity index (χ2v) is 8.90.